The molecule has 119 valence electrons. The van der Waals surface area contributed by atoms with Crippen molar-refractivity contribution in [3.63, 3.8) is 0 Å². The van der Waals surface area contributed by atoms with E-state index in [1.54, 1.807) is 20.0 Å². The molecule has 0 saturated carbocycles. The van der Waals surface area contributed by atoms with E-state index in [-0.39, 0.29) is 0 Å². The van der Waals surface area contributed by atoms with Gasteiger partial charge < -0.3 is 5.11 Å². The Kier molecular flexibility index (Phi) is 9.14. The van der Waals surface area contributed by atoms with E-state index in [1.165, 1.54) is 5.19 Å². The second-order valence-corrected chi connectivity index (χ2v) is 12.3. The Labute approximate surface area is 149 Å². The van der Waals surface area contributed by atoms with E-state index in [0.717, 1.165) is 12.0 Å². The van der Waals surface area contributed by atoms with Gasteiger partial charge in [-0.2, -0.15) is 6.08 Å². The van der Waals surface area contributed by atoms with Crippen LogP contribution in [0.4, 0.5) is 0 Å². The molecule has 0 bridgehead atoms. The number of phenols is 1. The van der Waals surface area contributed by atoms with Crippen molar-refractivity contribution in [3.05, 3.63) is 48.1 Å². The summed E-state index contributed by atoms with van der Waals surface area (Å²) in [5.74, 6) is 0.398. The van der Waals surface area contributed by atoms with Gasteiger partial charge >= 0.3 is 24.8 Å². The van der Waals surface area contributed by atoms with Crippen molar-refractivity contribution in [1.29, 1.82) is 0 Å². The fourth-order valence-electron chi connectivity index (χ4n) is 1.90. The van der Waals surface area contributed by atoms with Crippen LogP contribution in [-0.2, 0) is 20.0 Å². The third kappa shape index (κ3) is 6.60. The summed E-state index contributed by atoms with van der Waals surface area (Å²) in [5.41, 5.74) is 1.15. The topological polar surface area (TPSA) is 20.2 Å². The molecule has 0 aliphatic heterocycles. The van der Waals surface area contributed by atoms with Crippen LogP contribution < -0.4 is 5.19 Å². The standard InChI is InChI=1S/C13H22OSi.C5H5.CH2.Ti/c1-10-7-11(14)9-12(8-10)15(5,6)13(2,3)4;1-2-4-5-3-1;;/h7-9,14H,1-6H3;1-3H,4H2;1H2;/q;-1;;+1. The monoisotopic (exact) mass is 349 g/mol. The molecule has 0 spiro atoms. The van der Waals surface area contributed by atoms with Gasteiger partial charge in [-0.05, 0) is 29.7 Å². The number of aryl methyl sites for hydroxylation is 1. The Morgan fingerprint density at radius 2 is 1.77 bits per heavy atom. The Bertz CT molecular complexity index is 494. The van der Waals surface area contributed by atoms with Crippen molar-refractivity contribution in [2.75, 3.05) is 0 Å². The molecule has 1 nitrogen and oxygen atoms in total. The van der Waals surface area contributed by atoms with Crippen LogP contribution >= 0.6 is 0 Å². The van der Waals surface area contributed by atoms with Gasteiger partial charge in [0.05, 0.1) is 8.07 Å². The maximum atomic E-state index is 9.65. The second kappa shape index (κ2) is 9.44. The summed E-state index contributed by atoms with van der Waals surface area (Å²) in [6, 6.07) is 5.97. The Hall–Kier alpha value is -0.699. The zero-order valence-electron chi connectivity index (χ0n) is 14.8. The molecule has 0 heterocycles. The SMILES string of the molecule is Cc1cc(O)cc([Si](C)(C)C(C)(C)C)c1.[C-]1=CC=CC1.[CH2]=[Ti+]. The van der Waals surface area contributed by atoms with E-state index in [1.807, 2.05) is 31.2 Å². The number of allylic oxidation sites excluding steroid dienone is 4. The number of aromatic hydroxyl groups is 1. The number of hydrogen-bond donors (Lipinski definition) is 1. The summed E-state index contributed by atoms with van der Waals surface area (Å²) in [6.45, 7) is 13.6. The second-order valence-electron chi connectivity index (χ2n) is 6.94. The first kappa shape index (κ1) is 21.3. The number of benzene rings is 1. The van der Waals surface area contributed by atoms with Gasteiger partial charge in [0.25, 0.3) is 0 Å². The van der Waals surface area contributed by atoms with Crippen LogP contribution in [0.15, 0.2) is 36.4 Å². The maximum absolute atomic E-state index is 9.65. The molecule has 0 saturated heterocycles. The van der Waals surface area contributed by atoms with Gasteiger partial charge in [0.15, 0.2) is 0 Å². The third-order valence-electron chi connectivity index (χ3n) is 4.24. The molecule has 0 fully saturated rings. The quantitative estimate of drug-likeness (QED) is 0.576. The zero-order chi connectivity index (χ0) is 17.4. The van der Waals surface area contributed by atoms with E-state index in [2.05, 4.69) is 56.9 Å². The van der Waals surface area contributed by atoms with E-state index in [0.29, 0.717) is 10.8 Å². The number of hydrogen-bond acceptors (Lipinski definition) is 1. The molecule has 1 aliphatic carbocycles. The van der Waals surface area contributed by atoms with Gasteiger partial charge in [-0.25, -0.2) is 12.2 Å². The minimum absolute atomic E-state index is 0.313. The Morgan fingerprint density at radius 3 is 2.09 bits per heavy atom. The van der Waals surface area contributed by atoms with Gasteiger partial charge in [-0.3, -0.25) is 6.08 Å². The molecule has 1 N–H and O–H groups in total. The number of rotatable bonds is 1. The van der Waals surface area contributed by atoms with Crippen molar-refractivity contribution in [2.45, 2.75) is 52.2 Å². The first-order chi connectivity index (χ1) is 10.1. The Balaban J connectivity index is 0.000000522. The molecule has 0 unspecified atom stereocenters. The van der Waals surface area contributed by atoms with Crippen LogP contribution in [-0.4, -0.2) is 18.0 Å². The van der Waals surface area contributed by atoms with Gasteiger partial charge in [-0.1, -0.05) is 45.1 Å². The summed E-state index contributed by atoms with van der Waals surface area (Å²) in [6.07, 6.45) is 10.0. The molecule has 1 aliphatic rings. The van der Waals surface area contributed by atoms with Crippen molar-refractivity contribution in [1.82, 2.24) is 0 Å². The summed E-state index contributed by atoms with van der Waals surface area (Å²) >= 11 is 1.75. The first-order valence-corrected chi connectivity index (χ1v) is 11.6. The summed E-state index contributed by atoms with van der Waals surface area (Å²) in [7, 11) is -1.50. The number of phenolic OH excluding ortho intramolecular Hbond substituents is 1. The van der Waals surface area contributed by atoms with Crippen LogP contribution in [0.2, 0.25) is 18.1 Å². The predicted molar refractivity (Wildman–Crippen MR) is 98.4 cm³/mol. The van der Waals surface area contributed by atoms with Crippen molar-refractivity contribution in [2.24, 2.45) is 0 Å². The molecular formula is C19H29OSiTi. The fourth-order valence-corrected chi connectivity index (χ4v) is 3.86. The average molecular weight is 349 g/mol. The molecule has 22 heavy (non-hydrogen) atoms. The Morgan fingerprint density at radius 1 is 1.18 bits per heavy atom. The van der Waals surface area contributed by atoms with E-state index in [9.17, 15) is 5.11 Å². The third-order valence-corrected chi connectivity index (χ3v) is 9.73. The van der Waals surface area contributed by atoms with E-state index >= 15 is 0 Å². The fraction of sp³-hybridized carbons (Fsp3) is 0.421. The van der Waals surface area contributed by atoms with Crippen LogP contribution in [0.5, 0.6) is 5.75 Å². The summed E-state index contributed by atoms with van der Waals surface area (Å²) in [4.78, 5) is 3.25. The molecule has 2 rings (SSSR count). The van der Waals surface area contributed by atoms with Crippen LogP contribution in [0.3, 0.4) is 0 Å². The van der Waals surface area contributed by atoms with Gasteiger partial charge in [0, 0.05) is 0 Å². The van der Waals surface area contributed by atoms with Crippen molar-refractivity contribution >= 4 is 18.1 Å². The minimum atomic E-state index is -1.50. The van der Waals surface area contributed by atoms with Gasteiger partial charge in [-0.15, -0.1) is 6.42 Å². The van der Waals surface area contributed by atoms with Crippen molar-refractivity contribution < 1.29 is 25.1 Å². The molecule has 0 amide bonds. The molecule has 1 aromatic rings. The molecule has 0 radical (unpaired) electrons. The normalized spacial score (nSPS) is 13.1. The van der Waals surface area contributed by atoms with E-state index in [4.69, 9.17) is 0 Å². The molecule has 0 atom stereocenters. The van der Waals surface area contributed by atoms with E-state index < -0.39 is 8.07 Å². The molecule has 0 aromatic heterocycles. The predicted octanol–water partition coefficient (Wildman–Crippen LogP) is 4.69. The molecule has 3 heteroatoms. The first-order valence-electron chi connectivity index (χ1n) is 7.53. The summed E-state index contributed by atoms with van der Waals surface area (Å²) in [5, 5.41) is 11.3. The zero-order valence-corrected chi connectivity index (χ0v) is 17.4. The van der Waals surface area contributed by atoms with Gasteiger partial charge in [0.1, 0.15) is 5.75 Å². The van der Waals surface area contributed by atoms with Crippen molar-refractivity contribution in [3.8, 4) is 5.75 Å². The molecular weight excluding hydrogens is 320 g/mol. The summed E-state index contributed by atoms with van der Waals surface area (Å²) < 4.78 is 0. The van der Waals surface area contributed by atoms with Crippen LogP contribution in [0.25, 0.3) is 0 Å². The van der Waals surface area contributed by atoms with Gasteiger partial charge in [0.2, 0.25) is 0 Å². The van der Waals surface area contributed by atoms with Crippen LogP contribution in [0.1, 0.15) is 32.8 Å². The molecule has 1 aromatic carbocycles. The van der Waals surface area contributed by atoms with Crippen LogP contribution in [0, 0.1) is 13.0 Å². The average Bonchev–Trinajstić information content (AvgIpc) is 2.97.